The molecule has 0 spiro atoms. The van der Waals surface area contributed by atoms with Gasteiger partial charge in [-0.05, 0) is 44.2 Å². The number of allylic oxidation sites excluding steroid dienone is 2. The van der Waals surface area contributed by atoms with Gasteiger partial charge in [0.05, 0.1) is 0 Å². The predicted molar refractivity (Wildman–Crippen MR) is 71.3 cm³/mol. The number of ketones is 1. The molecular weight excluding hydrogens is 208 g/mol. The third-order valence-electron chi connectivity index (χ3n) is 3.36. The molecule has 0 aliphatic heterocycles. The highest BCUT2D eigenvalue weighted by Crippen LogP contribution is 2.20. The van der Waals surface area contributed by atoms with Gasteiger partial charge < -0.3 is 0 Å². The van der Waals surface area contributed by atoms with E-state index >= 15 is 0 Å². The van der Waals surface area contributed by atoms with Crippen molar-refractivity contribution in [2.45, 2.75) is 45.4 Å². The highest BCUT2D eigenvalue weighted by Gasteiger charge is 2.12. The molecule has 1 heteroatoms. The molecule has 0 radical (unpaired) electrons. The molecule has 1 nitrogen and oxygen atoms in total. The fourth-order valence-electron chi connectivity index (χ4n) is 2.37. The van der Waals surface area contributed by atoms with Crippen LogP contribution >= 0.6 is 0 Å². The first-order valence-corrected chi connectivity index (χ1v) is 6.58. The summed E-state index contributed by atoms with van der Waals surface area (Å²) in [5.41, 5.74) is 3.02. The lowest BCUT2D eigenvalue weighted by molar-refractivity contribution is 0.102. The van der Waals surface area contributed by atoms with Gasteiger partial charge in [-0.3, -0.25) is 4.79 Å². The molecule has 0 heterocycles. The van der Waals surface area contributed by atoms with Gasteiger partial charge in [0.25, 0.3) is 0 Å². The monoisotopic (exact) mass is 228 g/mol. The van der Waals surface area contributed by atoms with E-state index in [1.165, 1.54) is 19.3 Å². The van der Waals surface area contributed by atoms with Crippen molar-refractivity contribution in [3.05, 3.63) is 47.0 Å². The van der Waals surface area contributed by atoms with Crippen molar-refractivity contribution in [2.24, 2.45) is 0 Å². The second-order valence-electron chi connectivity index (χ2n) is 4.88. The number of Topliss-reactive ketones (excluding diaryl/α,β-unsaturated/α-hetero) is 1. The molecule has 1 aromatic rings. The topological polar surface area (TPSA) is 17.1 Å². The van der Waals surface area contributed by atoms with Crippen LogP contribution in [0.5, 0.6) is 0 Å². The van der Waals surface area contributed by atoms with Crippen molar-refractivity contribution in [3.63, 3.8) is 0 Å². The first kappa shape index (κ1) is 12.1. The number of carbonyl (C=O) groups is 1. The fraction of sp³-hybridized carbons (Fsp3) is 0.438. The number of rotatable bonds is 2. The Morgan fingerprint density at radius 1 is 1.12 bits per heavy atom. The van der Waals surface area contributed by atoms with Crippen LogP contribution in [0.25, 0.3) is 0 Å². The maximum Gasteiger partial charge on any atom is 0.188 e. The Hall–Kier alpha value is -1.37. The van der Waals surface area contributed by atoms with E-state index < -0.39 is 0 Å². The third-order valence-corrected chi connectivity index (χ3v) is 3.36. The van der Waals surface area contributed by atoms with Gasteiger partial charge in [0.2, 0.25) is 0 Å². The normalized spacial score (nSPS) is 19.9. The lowest BCUT2D eigenvalue weighted by Gasteiger charge is -2.10. The summed E-state index contributed by atoms with van der Waals surface area (Å²) in [7, 11) is 0. The Bertz CT molecular complexity index is 429. The van der Waals surface area contributed by atoms with E-state index in [4.69, 9.17) is 0 Å². The van der Waals surface area contributed by atoms with Crippen LogP contribution in [0.1, 0.15) is 54.4 Å². The van der Waals surface area contributed by atoms with Crippen molar-refractivity contribution in [3.8, 4) is 0 Å². The summed E-state index contributed by atoms with van der Waals surface area (Å²) in [6.07, 6.45) is 9.12. The average molecular weight is 228 g/mol. The zero-order valence-electron chi connectivity index (χ0n) is 10.5. The Morgan fingerprint density at radius 2 is 1.94 bits per heavy atom. The minimum absolute atomic E-state index is 0.232. The van der Waals surface area contributed by atoms with Gasteiger partial charge in [0, 0.05) is 5.56 Å². The van der Waals surface area contributed by atoms with Crippen molar-refractivity contribution < 1.29 is 4.79 Å². The molecule has 0 fully saturated rings. The van der Waals surface area contributed by atoms with E-state index in [-0.39, 0.29) is 5.78 Å². The van der Waals surface area contributed by atoms with Crippen LogP contribution in [0.4, 0.5) is 0 Å². The third kappa shape index (κ3) is 3.29. The maximum atomic E-state index is 12.3. The lowest BCUT2D eigenvalue weighted by atomic mass is 9.93. The van der Waals surface area contributed by atoms with Gasteiger partial charge in [-0.15, -0.1) is 0 Å². The number of hydrogen-bond donors (Lipinski definition) is 0. The second kappa shape index (κ2) is 5.81. The zero-order chi connectivity index (χ0) is 12.1. The Kier molecular flexibility index (Phi) is 4.13. The summed E-state index contributed by atoms with van der Waals surface area (Å²) >= 11 is 0. The van der Waals surface area contributed by atoms with E-state index in [1.807, 2.05) is 31.2 Å². The molecule has 0 atom stereocenters. The maximum absolute atomic E-state index is 12.3. The van der Waals surface area contributed by atoms with Crippen molar-refractivity contribution in [2.75, 3.05) is 0 Å². The minimum Gasteiger partial charge on any atom is -0.289 e. The minimum atomic E-state index is 0.232. The van der Waals surface area contributed by atoms with Gasteiger partial charge >= 0.3 is 0 Å². The Morgan fingerprint density at radius 3 is 2.76 bits per heavy atom. The van der Waals surface area contributed by atoms with Crippen molar-refractivity contribution in [1.29, 1.82) is 0 Å². The molecule has 0 saturated carbocycles. The van der Waals surface area contributed by atoms with E-state index in [0.29, 0.717) is 0 Å². The first-order chi connectivity index (χ1) is 8.27. The summed E-state index contributed by atoms with van der Waals surface area (Å²) < 4.78 is 0. The summed E-state index contributed by atoms with van der Waals surface area (Å²) in [6.45, 7) is 2.03. The molecule has 1 aliphatic rings. The smallest absolute Gasteiger partial charge is 0.188 e. The molecule has 17 heavy (non-hydrogen) atoms. The van der Waals surface area contributed by atoms with Crippen LogP contribution in [0.15, 0.2) is 35.9 Å². The van der Waals surface area contributed by atoms with E-state index in [1.54, 1.807) is 0 Å². The number of hydrogen-bond acceptors (Lipinski definition) is 1. The summed E-state index contributed by atoms with van der Waals surface area (Å²) in [4.78, 5) is 12.3. The average Bonchev–Trinajstić information content (AvgIpc) is 2.28. The van der Waals surface area contributed by atoms with E-state index in [2.05, 4.69) is 6.08 Å². The standard InChI is InChI=1S/C16H20O/c1-13-8-7-11-15(12-13)16(17)14-9-5-3-2-4-6-10-14/h7-9,11-12H,2-6,10H2,1H3/b14-9+. The van der Waals surface area contributed by atoms with Crippen LogP contribution < -0.4 is 0 Å². The largest absolute Gasteiger partial charge is 0.289 e. The summed E-state index contributed by atoms with van der Waals surface area (Å²) in [5, 5.41) is 0. The molecule has 0 N–H and O–H groups in total. The first-order valence-electron chi connectivity index (χ1n) is 6.58. The van der Waals surface area contributed by atoms with Gasteiger partial charge in [0.1, 0.15) is 0 Å². The molecule has 0 bridgehead atoms. The molecule has 90 valence electrons. The molecule has 0 saturated heterocycles. The molecule has 2 rings (SSSR count). The van der Waals surface area contributed by atoms with Gasteiger partial charge in [-0.25, -0.2) is 0 Å². The van der Waals surface area contributed by atoms with Gasteiger partial charge in [-0.1, -0.05) is 42.7 Å². The van der Waals surface area contributed by atoms with Crippen LogP contribution in [0, 0.1) is 6.92 Å². The Balaban J connectivity index is 2.18. The number of benzene rings is 1. The SMILES string of the molecule is Cc1cccc(C(=O)/C2=C/CCCCCC2)c1. The molecule has 0 unspecified atom stereocenters. The Labute approximate surface area is 104 Å². The second-order valence-corrected chi connectivity index (χ2v) is 4.88. The fourth-order valence-corrected chi connectivity index (χ4v) is 2.37. The van der Waals surface area contributed by atoms with E-state index in [0.717, 1.165) is 36.0 Å². The molecule has 0 amide bonds. The highest BCUT2D eigenvalue weighted by molar-refractivity contribution is 6.08. The van der Waals surface area contributed by atoms with Gasteiger partial charge in [-0.2, -0.15) is 0 Å². The molecule has 1 aliphatic carbocycles. The van der Waals surface area contributed by atoms with Crippen molar-refractivity contribution >= 4 is 5.78 Å². The number of carbonyl (C=O) groups excluding carboxylic acids is 1. The zero-order valence-corrected chi connectivity index (χ0v) is 10.5. The molecule has 0 aromatic heterocycles. The van der Waals surface area contributed by atoms with Crippen LogP contribution in [0.3, 0.4) is 0 Å². The van der Waals surface area contributed by atoms with Crippen LogP contribution in [-0.2, 0) is 0 Å². The predicted octanol–water partition coefficient (Wildman–Crippen LogP) is 4.46. The quantitative estimate of drug-likeness (QED) is 0.683. The lowest BCUT2D eigenvalue weighted by Crippen LogP contribution is -2.05. The van der Waals surface area contributed by atoms with Crippen LogP contribution in [0.2, 0.25) is 0 Å². The highest BCUT2D eigenvalue weighted by atomic mass is 16.1. The van der Waals surface area contributed by atoms with E-state index in [9.17, 15) is 4.79 Å². The molecular formula is C16H20O. The summed E-state index contributed by atoms with van der Waals surface area (Å²) in [6, 6.07) is 7.91. The van der Waals surface area contributed by atoms with Gasteiger partial charge in [0.15, 0.2) is 5.78 Å². The summed E-state index contributed by atoms with van der Waals surface area (Å²) in [5.74, 6) is 0.232. The van der Waals surface area contributed by atoms with Crippen LogP contribution in [-0.4, -0.2) is 5.78 Å². The van der Waals surface area contributed by atoms with Crippen molar-refractivity contribution in [1.82, 2.24) is 0 Å². The molecule has 1 aromatic carbocycles. The number of aryl methyl sites for hydroxylation is 1.